The minimum absolute atomic E-state index is 0.0145. The molecular formula is C31H36N6O5S. The van der Waals surface area contributed by atoms with Crippen LogP contribution in [-0.4, -0.2) is 64.4 Å². The minimum Gasteiger partial charge on any atom is -0.465 e. The Kier molecular flexibility index (Phi) is 8.67. The molecule has 2 aromatic heterocycles. The number of pyridine rings is 1. The van der Waals surface area contributed by atoms with Gasteiger partial charge in [-0.1, -0.05) is 45.0 Å². The van der Waals surface area contributed by atoms with Gasteiger partial charge >= 0.3 is 6.09 Å². The first kappa shape index (κ1) is 30.0. The van der Waals surface area contributed by atoms with Gasteiger partial charge in [-0.25, -0.2) is 28.2 Å². The summed E-state index contributed by atoms with van der Waals surface area (Å²) in [5.74, 6) is 1.48. The first-order valence-electron chi connectivity index (χ1n) is 14.2. The Labute approximate surface area is 251 Å². The Hall–Kier alpha value is -4.45. The van der Waals surface area contributed by atoms with Gasteiger partial charge in [0.1, 0.15) is 5.75 Å². The monoisotopic (exact) mass is 604 g/mol. The zero-order valence-electron chi connectivity index (χ0n) is 24.6. The van der Waals surface area contributed by atoms with Crippen LogP contribution >= 0.6 is 0 Å². The highest BCUT2D eigenvalue weighted by atomic mass is 32.2. The number of likely N-dealkylation sites (tertiary alicyclic amines) is 1. The van der Waals surface area contributed by atoms with E-state index in [2.05, 4.69) is 20.0 Å². The molecule has 5 rings (SSSR count). The van der Waals surface area contributed by atoms with Crippen molar-refractivity contribution in [1.82, 2.24) is 19.9 Å². The molecule has 0 bridgehead atoms. The van der Waals surface area contributed by atoms with Gasteiger partial charge in [0.05, 0.1) is 22.7 Å². The number of nitrogens with one attached hydrogen (secondary N) is 2. The number of sulfonamides is 1. The van der Waals surface area contributed by atoms with Crippen LogP contribution < -0.4 is 14.8 Å². The Bertz CT molecular complexity index is 1750. The van der Waals surface area contributed by atoms with Crippen molar-refractivity contribution in [2.24, 2.45) is 11.8 Å². The molecule has 12 heteroatoms. The van der Waals surface area contributed by atoms with Gasteiger partial charge in [0.25, 0.3) is 0 Å². The summed E-state index contributed by atoms with van der Waals surface area (Å²) in [6, 6.07) is 14.5. The molecule has 4 aromatic rings. The van der Waals surface area contributed by atoms with Crippen LogP contribution in [0, 0.1) is 18.8 Å². The van der Waals surface area contributed by atoms with Crippen LogP contribution in [0.4, 0.5) is 16.4 Å². The lowest BCUT2D eigenvalue weighted by atomic mass is 9.96. The van der Waals surface area contributed by atoms with E-state index in [1.807, 2.05) is 52.0 Å². The van der Waals surface area contributed by atoms with E-state index < -0.39 is 16.1 Å². The van der Waals surface area contributed by atoms with Gasteiger partial charge in [0, 0.05) is 42.3 Å². The number of ether oxygens (including phenoxy) is 1. The Balaban J connectivity index is 1.45. The normalized spacial score (nSPS) is 17.2. The van der Waals surface area contributed by atoms with Crippen molar-refractivity contribution in [3.63, 3.8) is 0 Å². The zero-order valence-corrected chi connectivity index (χ0v) is 25.4. The van der Waals surface area contributed by atoms with Crippen LogP contribution in [0.15, 0.2) is 60.9 Å². The van der Waals surface area contributed by atoms with Crippen molar-refractivity contribution in [3.05, 3.63) is 66.5 Å². The predicted molar refractivity (Wildman–Crippen MR) is 167 cm³/mol. The van der Waals surface area contributed by atoms with Crippen molar-refractivity contribution in [1.29, 1.82) is 0 Å². The lowest BCUT2D eigenvalue weighted by Gasteiger charge is -2.35. The van der Waals surface area contributed by atoms with E-state index >= 15 is 0 Å². The zero-order chi connectivity index (χ0) is 30.7. The molecule has 1 aliphatic rings. The van der Waals surface area contributed by atoms with Crippen LogP contribution in [0.1, 0.15) is 32.8 Å². The van der Waals surface area contributed by atoms with E-state index in [1.165, 1.54) is 4.90 Å². The number of carboxylic acid groups (broad SMARTS) is 1. The number of rotatable bonds is 9. The summed E-state index contributed by atoms with van der Waals surface area (Å²) < 4.78 is 34.6. The molecule has 3 N–H and O–H groups in total. The van der Waals surface area contributed by atoms with Gasteiger partial charge in [-0.2, -0.15) is 0 Å². The third-order valence-electron chi connectivity index (χ3n) is 7.19. The molecule has 1 fully saturated rings. The Morgan fingerprint density at radius 2 is 1.88 bits per heavy atom. The first-order chi connectivity index (χ1) is 20.5. The number of fused-ring (bicyclic) bond motifs is 1. The van der Waals surface area contributed by atoms with Gasteiger partial charge < -0.3 is 20.1 Å². The van der Waals surface area contributed by atoms with Gasteiger partial charge in [-0.15, -0.1) is 0 Å². The number of carbonyl (C=O) groups is 1. The molecule has 1 saturated heterocycles. The van der Waals surface area contributed by atoms with Crippen molar-refractivity contribution in [3.8, 4) is 22.9 Å². The molecule has 0 saturated carbocycles. The fourth-order valence-corrected chi connectivity index (χ4v) is 6.92. The topological polar surface area (TPSA) is 147 Å². The fourth-order valence-electron chi connectivity index (χ4n) is 5.45. The van der Waals surface area contributed by atoms with Crippen molar-refractivity contribution in [2.75, 3.05) is 28.9 Å². The highest BCUT2D eigenvalue weighted by Crippen LogP contribution is 2.39. The maximum absolute atomic E-state index is 12.7. The molecule has 0 unspecified atom stereocenters. The summed E-state index contributed by atoms with van der Waals surface area (Å²) in [4.78, 5) is 26.6. The molecule has 3 heterocycles. The molecular weight excluding hydrogens is 568 g/mol. The lowest BCUT2D eigenvalue weighted by Crippen LogP contribution is -2.47. The summed E-state index contributed by atoms with van der Waals surface area (Å²) in [6.45, 7) is 8.53. The van der Waals surface area contributed by atoms with Crippen LogP contribution in [-0.2, 0) is 10.0 Å². The number of anilines is 2. The van der Waals surface area contributed by atoms with Gasteiger partial charge in [0.15, 0.2) is 0 Å². The number of aryl methyl sites for hydroxylation is 1. The Morgan fingerprint density at radius 1 is 1.07 bits per heavy atom. The highest BCUT2D eigenvalue weighted by molar-refractivity contribution is 7.92. The lowest BCUT2D eigenvalue weighted by molar-refractivity contribution is 0.119. The number of hydrogen-bond acceptors (Lipinski definition) is 8. The average Bonchev–Trinajstić information content (AvgIpc) is 2.94. The SMILES string of the molecule is Cc1ccc2c(NS(=O)(=O)CC(C)C)cccc2c1Oc1ncccc1-c1ccnc(N[C@H]2C[C@@H](C)CN(C(=O)O)C2)n1. The molecule has 1 aliphatic heterocycles. The molecule has 2 atom stereocenters. The van der Waals surface area contributed by atoms with Gasteiger partial charge in [-0.3, -0.25) is 4.72 Å². The summed E-state index contributed by atoms with van der Waals surface area (Å²) >= 11 is 0. The van der Waals surface area contributed by atoms with E-state index in [-0.39, 0.29) is 23.6 Å². The van der Waals surface area contributed by atoms with Gasteiger partial charge in [-0.05, 0) is 55.0 Å². The number of benzene rings is 2. The Morgan fingerprint density at radius 3 is 2.65 bits per heavy atom. The molecule has 1 amide bonds. The van der Waals surface area contributed by atoms with E-state index in [0.29, 0.717) is 53.0 Å². The number of hydrogen-bond donors (Lipinski definition) is 3. The van der Waals surface area contributed by atoms with Crippen molar-refractivity contribution < 1.29 is 23.1 Å². The number of aromatic nitrogens is 3. The molecule has 11 nitrogen and oxygen atoms in total. The maximum Gasteiger partial charge on any atom is 0.407 e. The largest absolute Gasteiger partial charge is 0.465 e. The second kappa shape index (κ2) is 12.4. The molecule has 0 radical (unpaired) electrons. The van der Waals surface area contributed by atoms with Gasteiger partial charge in [0.2, 0.25) is 21.9 Å². The minimum atomic E-state index is -3.53. The first-order valence-corrected chi connectivity index (χ1v) is 15.9. The third-order valence-corrected chi connectivity index (χ3v) is 8.83. The van der Waals surface area contributed by atoms with Crippen molar-refractivity contribution in [2.45, 2.75) is 40.2 Å². The highest BCUT2D eigenvalue weighted by Gasteiger charge is 2.28. The van der Waals surface area contributed by atoms with Crippen LogP contribution in [0.5, 0.6) is 11.6 Å². The molecule has 226 valence electrons. The van der Waals surface area contributed by atoms with E-state index in [0.717, 1.165) is 17.4 Å². The predicted octanol–water partition coefficient (Wildman–Crippen LogP) is 5.99. The summed E-state index contributed by atoms with van der Waals surface area (Å²) in [5.41, 5.74) is 2.56. The van der Waals surface area contributed by atoms with E-state index in [9.17, 15) is 18.3 Å². The fraction of sp³-hybridized carbons (Fsp3) is 0.355. The summed E-state index contributed by atoms with van der Waals surface area (Å²) in [5, 5.41) is 14.2. The standard InChI is InChI=1S/C31H36N6O5S/c1-19(2)18-43(40,41)36-27-9-5-7-24-23(27)11-10-21(4)28(24)42-29-25(8-6-13-32-29)26-12-14-33-30(35-26)34-22-15-20(3)16-37(17-22)31(38)39/h5-14,19-20,22,36H,15-18H2,1-4H3,(H,38,39)(H,33,34,35)/t20-,22+/m1/s1. The van der Waals surface area contributed by atoms with E-state index in [4.69, 9.17) is 9.72 Å². The molecule has 0 aliphatic carbocycles. The number of piperidine rings is 1. The van der Waals surface area contributed by atoms with Crippen LogP contribution in [0.2, 0.25) is 0 Å². The maximum atomic E-state index is 12.7. The second-order valence-corrected chi connectivity index (χ2v) is 13.2. The summed E-state index contributed by atoms with van der Waals surface area (Å²) in [6.07, 6.45) is 3.14. The third kappa shape index (κ3) is 7.14. The average molecular weight is 605 g/mol. The molecule has 0 spiro atoms. The smallest absolute Gasteiger partial charge is 0.407 e. The van der Waals surface area contributed by atoms with Crippen molar-refractivity contribution >= 4 is 38.5 Å². The summed E-state index contributed by atoms with van der Waals surface area (Å²) in [7, 11) is -3.53. The number of amides is 1. The molecule has 43 heavy (non-hydrogen) atoms. The van der Waals surface area contributed by atoms with Crippen LogP contribution in [0.3, 0.4) is 0 Å². The van der Waals surface area contributed by atoms with E-state index in [1.54, 1.807) is 36.7 Å². The van der Waals surface area contributed by atoms with Crippen LogP contribution in [0.25, 0.3) is 22.0 Å². The second-order valence-electron chi connectivity index (χ2n) is 11.5. The quantitative estimate of drug-likeness (QED) is 0.210. The molecule has 2 aromatic carbocycles. The number of nitrogens with zero attached hydrogens (tertiary/aromatic N) is 4.